The Labute approximate surface area is 113 Å². The van der Waals surface area contributed by atoms with Crippen LogP contribution in [0.5, 0.6) is 0 Å². The van der Waals surface area contributed by atoms with Crippen LogP contribution < -0.4 is 0 Å². The molecule has 1 amide bonds. The number of halogens is 4. The van der Waals surface area contributed by atoms with Crippen LogP contribution in [-0.4, -0.2) is 54.6 Å². The van der Waals surface area contributed by atoms with Crippen LogP contribution in [0, 0.1) is 5.82 Å². The maximum Gasteiger partial charge on any atom is 0.401 e. The second kappa shape index (κ2) is 5.78. The topological polar surface area (TPSA) is 23.6 Å². The maximum absolute atomic E-state index is 13.0. The molecular weight excluding hydrogens is 276 g/mol. The van der Waals surface area contributed by atoms with Gasteiger partial charge in [-0.05, 0) is 18.2 Å². The van der Waals surface area contributed by atoms with Gasteiger partial charge in [0.1, 0.15) is 5.82 Å². The van der Waals surface area contributed by atoms with E-state index in [1.807, 2.05) is 0 Å². The van der Waals surface area contributed by atoms with Crippen LogP contribution in [0.4, 0.5) is 17.6 Å². The molecule has 0 N–H and O–H groups in total. The van der Waals surface area contributed by atoms with Crippen molar-refractivity contribution in [3.05, 3.63) is 35.6 Å². The number of rotatable bonds is 2. The van der Waals surface area contributed by atoms with E-state index in [1.165, 1.54) is 28.0 Å². The molecule has 0 aliphatic carbocycles. The van der Waals surface area contributed by atoms with E-state index in [9.17, 15) is 22.4 Å². The molecule has 0 spiro atoms. The van der Waals surface area contributed by atoms with E-state index in [1.54, 1.807) is 0 Å². The summed E-state index contributed by atoms with van der Waals surface area (Å²) in [5.74, 6) is -0.859. The summed E-state index contributed by atoms with van der Waals surface area (Å²) in [6.07, 6.45) is -4.23. The third-order valence-electron chi connectivity index (χ3n) is 3.13. The standard InChI is InChI=1S/C13H14F4N2O/c14-11-3-1-2-10(8-11)12(20)19-6-4-18(5-7-19)9-13(15,16)17/h1-3,8H,4-7,9H2. The van der Waals surface area contributed by atoms with Gasteiger partial charge in [0.05, 0.1) is 6.54 Å². The summed E-state index contributed by atoms with van der Waals surface area (Å²) in [5.41, 5.74) is 0.217. The first-order valence-electron chi connectivity index (χ1n) is 6.19. The van der Waals surface area contributed by atoms with Crippen molar-refractivity contribution < 1.29 is 22.4 Å². The number of carbonyl (C=O) groups excluding carboxylic acids is 1. The monoisotopic (exact) mass is 290 g/mol. The van der Waals surface area contributed by atoms with E-state index < -0.39 is 18.5 Å². The minimum Gasteiger partial charge on any atom is -0.336 e. The van der Waals surface area contributed by atoms with Gasteiger partial charge in [-0.2, -0.15) is 13.2 Å². The third-order valence-corrected chi connectivity index (χ3v) is 3.13. The summed E-state index contributed by atoms with van der Waals surface area (Å²) < 4.78 is 49.8. The van der Waals surface area contributed by atoms with Crippen molar-refractivity contribution in [2.75, 3.05) is 32.7 Å². The fraction of sp³-hybridized carbons (Fsp3) is 0.462. The molecule has 7 heteroatoms. The van der Waals surface area contributed by atoms with Crippen molar-refractivity contribution in [3.63, 3.8) is 0 Å². The van der Waals surface area contributed by atoms with Crippen LogP contribution in [-0.2, 0) is 0 Å². The lowest BCUT2D eigenvalue weighted by Crippen LogP contribution is -2.50. The van der Waals surface area contributed by atoms with Crippen LogP contribution in [0.15, 0.2) is 24.3 Å². The molecule has 0 unspecified atom stereocenters. The van der Waals surface area contributed by atoms with Gasteiger partial charge in [0, 0.05) is 31.7 Å². The molecule has 1 aromatic rings. The summed E-state index contributed by atoms with van der Waals surface area (Å²) in [6, 6.07) is 5.29. The summed E-state index contributed by atoms with van der Waals surface area (Å²) >= 11 is 0. The van der Waals surface area contributed by atoms with Crippen LogP contribution in [0.1, 0.15) is 10.4 Å². The van der Waals surface area contributed by atoms with Gasteiger partial charge in [-0.25, -0.2) is 4.39 Å². The van der Waals surface area contributed by atoms with E-state index in [4.69, 9.17) is 0 Å². The predicted molar refractivity (Wildman–Crippen MR) is 64.8 cm³/mol. The Kier molecular flexibility index (Phi) is 4.27. The largest absolute Gasteiger partial charge is 0.401 e. The van der Waals surface area contributed by atoms with Crippen molar-refractivity contribution in [1.29, 1.82) is 0 Å². The Bertz CT molecular complexity index is 482. The molecule has 1 aliphatic rings. The van der Waals surface area contributed by atoms with E-state index >= 15 is 0 Å². The lowest BCUT2D eigenvalue weighted by molar-refractivity contribution is -0.148. The highest BCUT2D eigenvalue weighted by molar-refractivity contribution is 5.94. The molecule has 110 valence electrons. The molecule has 1 fully saturated rings. The number of amides is 1. The molecule has 1 saturated heterocycles. The molecule has 2 rings (SSSR count). The highest BCUT2D eigenvalue weighted by Gasteiger charge is 2.32. The number of hydrogen-bond acceptors (Lipinski definition) is 2. The Balaban J connectivity index is 1.92. The van der Waals surface area contributed by atoms with Gasteiger partial charge in [0.25, 0.3) is 5.91 Å². The van der Waals surface area contributed by atoms with E-state index in [0.717, 1.165) is 6.07 Å². The zero-order valence-electron chi connectivity index (χ0n) is 10.7. The van der Waals surface area contributed by atoms with Crippen molar-refractivity contribution >= 4 is 5.91 Å². The highest BCUT2D eigenvalue weighted by Crippen LogP contribution is 2.18. The number of piperazine rings is 1. The van der Waals surface area contributed by atoms with Crippen molar-refractivity contribution in [2.45, 2.75) is 6.18 Å². The molecule has 1 heterocycles. The number of alkyl halides is 3. The zero-order chi connectivity index (χ0) is 14.8. The van der Waals surface area contributed by atoms with Crippen LogP contribution >= 0.6 is 0 Å². The zero-order valence-corrected chi connectivity index (χ0v) is 10.7. The van der Waals surface area contributed by atoms with Crippen molar-refractivity contribution in [2.24, 2.45) is 0 Å². The second-order valence-corrected chi connectivity index (χ2v) is 4.69. The van der Waals surface area contributed by atoms with Gasteiger partial charge in [-0.3, -0.25) is 9.69 Å². The highest BCUT2D eigenvalue weighted by atomic mass is 19.4. The summed E-state index contributed by atoms with van der Waals surface area (Å²) in [7, 11) is 0. The van der Waals surface area contributed by atoms with Crippen molar-refractivity contribution in [3.8, 4) is 0 Å². The average Bonchev–Trinajstić information content (AvgIpc) is 2.37. The Hall–Kier alpha value is -1.63. The lowest BCUT2D eigenvalue weighted by atomic mass is 10.1. The molecule has 0 bridgehead atoms. The van der Waals surface area contributed by atoms with Crippen LogP contribution in [0.2, 0.25) is 0 Å². The predicted octanol–water partition coefficient (Wildman–Crippen LogP) is 2.15. The molecule has 0 saturated carbocycles. The third kappa shape index (κ3) is 3.93. The normalized spacial score (nSPS) is 17.3. The molecule has 0 atom stereocenters. The number of benzene rings is 1. The Morgan fingerprint density at radius 2 is 1.80 bits per heavy atom. The molecule has 3 nitrogen and oxygen atoms in total. The van der Waals surface area contributed by atoms with Gasteiger partial charge in [-0.1, -0.05) is 6.07 Å². The molecule has 0 aromatic heterocycles. The smallest absolute Gasteiger partial charge is 0.336 e. The van der Waals surface area contributed by atoms with Gasteiger partial charge < -0.3 is 4.90 Å². The van der Waals surface area contributed by atoms with E-state index in [-0.39, 0.29) is 37.6 Å². The first-order chi connectivity index (χ1) is 9.35. The first-order valence-corrected chi connectivity index (χ1v) is 6.19. The fourth-order valence-electron chi connectivity index (χ4n) is 2.17. The van der Waals surface area contributed by atoms with Gasteiger partial charge in [-0.15, -0.1) is 0 Å². The van der Waals surface area contributed by atoms with Gasteiger partial charge >= 0.3 is 6.18 Å². The van der Waals surface area contributed by atoms with E-state index in [0.29, 0.717) is 0 Å². The molecule has 0 radical (unpaired) electrons. The molecule has 1 aromatic carbocycles. The fourth-order valence-corrected chi connectivity index (χ4v) is 2.17. The summed E-state index contributed by atoms with van der Waals surface area (Å²) in [6.45, 7) is -0.201. The second-order valence-electron chi connectivity index (χ2n) is 4.69. The minimum atomic E-state index is -4.23. The SMILES string of the molecule is O=C(c1cccc(F)c1)N1CCN(CC(F)(F)F)CC1. The Morgan fingerprint density at radius 3 is 2.35 bits per heavy atom. The lowest BCUT2D eigenvalue weighted by Gasteiger charge is -2.35. The number of hydrogen-bond donors (Lipinski definition) is 0. The average molecular weight is 290 g/mol. The van der Waals surface area contributed by atoms with Crippen LogP contribution in [0.3, 0.4) is 0 Å². The first kappa shape index (κ1) is 14.8. The molecule has 1 aliphatic heterocycles. The van der Waals surface area contributed by atoms with E-state index in [2.05, 4.69) is 0 Å². The Morgan fingerprint density at radius 1 is 1.15 bits per heavy atom. The quantitative estimate of drug-likeness (QED) is 0.779. The summed E-state index contributed by atoms with van der Waals surface area (Å²) in [5, 5.41) is 0. The van der Waals surface area contributed by atoms with Gasteiger partial charge in [0.2, 0.25) is 0 Å². The van der Waals surface area contributed by atoms with Gasteiger partial charge in [0.15, 0.2) is 0 Å². The van der Waals surface area contributed by atoms with Crippen LogP contribution in [0.25, 0.3) is 0 Å². The number of nitrogens with zero attached hydrogens (tertiary/aromatic N) is 2. The summed E-state index contributed by atoms with van der Waals surface area (Å²) in [4.78, 5) is 14.8. The van der Waals surface area contributed by atoms with Crippen molar-refractivity contribution in [1.82, 2.24) is 9.80 Å². The molecular formula is C13H14F4N2O. The number of carbonyl (C=O) groups is 1. The maximum atomic E-state index is 13.0. The molecule has 20 heavy (non-hydrogen) atoms. The minimum absolute atomic E-state index is 0.167.